The van der Waals surface area contributed by atoms with Crippen molar-refractivity contribution in [1.82, 2.24) is 10.2 Å². The monoisotopic (exact) mass is 248 g/mol. The van der Waals surface area contributed by atoms with Crippen molar-refractivity contribution in [2.24, 2.45) is 0 Å². The van der Waals surface area contributed by atoms with E-state index < -0.39 is 0 Å². The maximum absolute atomic E-state index is 3.49. The van der Waals surface area contributed by atoms with Crippen LogP contribution in [-0.4, -0.2) is 31.1 Å². The molecule has 2 heteroatoms. The summed E-state index contributed by atoms with van der Waals surface area (Å²) in [5.74, 6) is 0.574. The average molecular weight is 248 g/mol. The molecule has 1 rings (SSSR count). The quantitative estimate of drug-likeness (QED) is 0.797. The Labute approximate surface area is 112 Å². The van der Waals surface area contributed by atoms with Gasteiger partial charge in [0.1, 0.15) is 0 Å². The van der Waals surface area contributed by atoms with Gasteiger partial charge in [0.15, 0.2) is 0 Å². The number of hydrogen-bond donors (Lipinski definition) is 1. The third kappa shape index (κ3) is 5.19. The van der Waals surface area contributed by atoms with Crippen LogP contribution in [-0.2, 0) is 6.54 Å². The molecule has 102 valence electrons. The van der Waals surface area contributed by atoms with Crippen molar-refractivity contribution in [1.29, 1.82) is 0 Å². The van der Waals surface area contributed by atoms with Gasteiger partial charge in [-0.2, -0.15) is 0 Å². The Kier molecular flexibility index (Phi) is 6.37. The van der Waals surface area contributed by atoms with Crippen LogP contribution < -0.4 is 5.32 Å². The SMILES string of the molecule is CCN(C)Cc1ccc(C(C)CNC(C)C)cc1. The van der Waals surface area contributed by atoms with E-state index in [4.69, 9.17) is 0 Å². The molecule has 0 aromatic heterocycles. The van der Waals surface area contributed by atoms with Crippen LogP contribution in [0, 0.1) is 0 Å². The minimum absolute atomic E-state index is 0.560. The molecule has 0 aliphatic heterocycles. The van der Waals surface area contributed by atoms with Crippen molar-refractivity contribution in [3.05, 3.63) is 35.4 Å². The van der Waals surface area contributed by atoms with Crippen LogP contribution >= 0.6 is 0 Å². The van der Waals surface area contributed by atoms with E-state index in [1.54, 1.807) is 0 Å². The lowest BCUT2D eigenvalue weighted by Gasteiger charge is -2.17. The highest BCUT2D eigenvalue weighted by atomic mass is 15.1. The fraction of sp³-hybridized carbons (Fsp3) is 0.625. The first-order valence-corrected chi connectivity index (χ1v) is 7.03. The summed E-state index contributed by atoms with van der Waals surface area (Å²) in [6.07, 6.45) is 0. The van der Waals surface area contributed by atoms with Gasteiger partial charge in [-0.1, -0.05) is 52.0 Å². The molecule has 0 spiro atoms. The zero-order valence-corrected chi connectivity index (χ0v) is 12.5. The first-order valence-electron chi connectivity index (χ1n) is 7.03. The van der Waals surface area contributed by atoms with E-state index in [9.17, 15) is 0 Å². The molecular formula is C16H28N2. The largest absolute Gasteiger partial charge is 0.314 e. The summed E-state index contributed by atoms with van der Waals surface area (Å²) < 4.78 is 0. The molecule has 0 heterocycles. The molecule has 1 N–H and O–H groups in total. The normalized spacial score (nSPS) is 13.3. The topological polar surface area (TPSA) is 15.3 Å². The van der Waals surface area contributed by atoms with Crippen molar-refractivity contribution in [3.63, 3.8) is 0 Å². The van der Waals surface area contributed by atoms with E-state index in [0.717, 1.165) is 19.6 Å². The molecule has 0 amide bonds. The van der Waals surface area contributed by atoms with Crippen LogP contribution in [0.3, 0.4) is 0 Å². The van der Waals surface area contributed by atoms with E-state index >= 15 is 0 Å². The zero-order valence-electron chi connectivity index (χ0n) is 12.5. The fourth-order valence-electron chi connectivity index (χ4n) is 1.91. The van der Waals surface area contributed by atoms with Gasteiger partial charge in [0, 0.05) is 19.1 Å². The molecule has 1 aromatic rings. The van der Waals surface area contributed by atoms with Gasteiger partial charge in [0.05, 0.1) is 0 Å². The Morgan fingerprint density at radius 1 is 1.11 bits per heavy atom. The lowest BCUT2D eigenvalue weighted by atomic mass is 9.99. The van der Waals surface area contributed by atoms with Crippen molar-refractivity contribution in [2.75, 3.05) is 20.1 Å². The van der Waals surface area contributed by atoms with Gasteiger partial charge in [0.2, 0.25) is 0 Å². The highest BCUT2D eigenvalue weighted by molar-refractivity contribution is 5.25. The Hall–Kier alpha value is -0.860. The molecule has 18 heavy (non-hydrogen) atoms. The molecule has 0 bridgehead atoms. The Bertz CT molecular complexity index is 329. The minimum atomic E-state index is 0.560. The molecule has 1 unspecified atom stereocenters. The molecule has 0 aliphatic carbocycles. The van der Waals surface area contributed by atoms with Gasteiger partial charge >= 0.3 is 0 Å². The average Bonchev–Trinajstić information content (AvgIpc) is 2.36. The van der Waals surface area contributed by atoms with Gasteiger partial charge in [-0.25, -0.2) is 0 Å². The standard InChI is InChI=1S/C16H28N2/c1-6-18(5)12-15-7-9-16(10-8-15)14(4)11-17-13(2)3/h7-10,13-14,17H,6,11-12H2,1-5H3. The molecule has 1 aromatic carbocycles. The summed E-state index contributed by atoms with van der Waals surface area (Å²) in [4.78, 5) is 2.32. The van der Waals surface area contributed by atoms with E-state index in [1.165, 1.54) is 11.1 Å². The summed E-state index contributed by atoms with van der Waals surface area (Å²) in [6.45, 7) is 12.0. The first-order chi connectivity index (χ1) is 8.52. The second kappa shape index (κ2) is 7.55. The molecule has 2 nitrogen and oxygen atoms in total. The molecular weight excluding hydrogens is 220 g/mol. The smallest absolute Gasteiger partial charge is 0.0230 e. The molecule has 1 atom stereocenters. The van der Waals surface area contributed by atoms with Gasteiger partial charge in [0.25, 0.3) is 0 Å². The molecule has 0 saturated heterocycles. The zero-order chi connectivity index (χ0) is 13.5. The molecule has 0 aliphatic rings. The second-order valence-corrected chi connectivity index (χ2v) is 5.54. The van der Waals surface area contributed by atoms with Crippen molar-refractivity contribution in [2.45, 2.75) is 46.2 Å². The van der Waals surface area contributed by atoms with Crippen LogP contribution in [0.5, 0.6) is 0 Å². The summed E-state index contributed by atoms with van der Waals surface area (Å²) in [5, 5.41) is 3.49. The third-order valence-corrected chi connectivity index (χ3v) is 3.37. The molecule has 0 radical (unpaired) electrons. The number of nitrogens with zero attached hydrogens (tertiary/aromatic N) is 1. The minimum Gasteiger partial charge on any atom is -0.314 e. The predicted molar refractivity (Wildman–Crippen MR) is 80.0 cm³/mol. The van der Waals surface area contributed by atoms with Gasteiger partial charge in [-0.05, 0) is 30.6 Å². The number of benzene rings is 1. The van der Waals surface area contributed by atoms with E-state index in [-0.39, 0.29) is 0 Å². The number of hydrogen-bond acceptors (Lipinski definition) is 2. The van der Waals surface area contributed by atoms with Crippen molar-refractivity contribution in [3.8, 4) is 0 Å². The lowest BCUT2D eigenvalue weighted by Crippen LogP contribution is -2.26. The predicted octanol–water partition coefficient (Wildman–Crippen LogP) is 3.24. The summed E-state index contributed by atoms with van der Waals surface area (Å²) in [6, 6.07) is 9.61. The van der Waals surface area contributed by atoms with Crippen LogP contribution in [0.15, 0.2) is 24.3 Å². The Balaban J connectivity index is 2.53. The summed E-state index contributed by atoms with van der Waals surface area (Å²) in [7, 11) is 2.16. The molecule has 0 fully saturated rings. The van der Waals surface area contributed by atoms with E-state index in [2.05, 4.69) is 69.2 Å². The maximum Gasteiger partial charge on any atom is 0.0230 e. The molecule has 0 saturated carbocycles. The lowest BCUT2D eigenvalue weighted by molar-refractivity contribution is 0.346. The highest BCUT2D eigenvalue weighted by Gasteiger charge is 2.06. The van der Waals surface area contributed by atoms with E-state index in [0.29, 0.717) is 12.0 Å². The fourth-order valence-corrected chi connectivity index (χ4v) is 1.91. The second-order valence-electron chi connectivity index (χ2n) is 5.54. The highest BCUT2D eigenvalue weighted by Crippen LogP contribution is 2.16. The number of rotatable bonds is 7. The van der Waals surface area contributed by atoms with Crippen molar-refractivity contribution < 1.29 is 0 Å². The van der Waals surface area contributed by atoms with Crippen LogP contribution in [0.25, 0.3) is 0 Å². The van der Waals surface area contributed by atoms with Crippen LogP contribution in [0.1, 0.15) is 44.7 Å². The first kappa shape index (κ1) is 15.2. The van der Waals surface area contributed by atoms with Gasteiger partial charge < -0.3 is 10.2 Å². The maximum atomic E-state index is 3.49. The van der Waals surface area contributed by atoms with Gasteiger partial charge in [-0.15, -0.1) is 0 Å². The number of nitrogens with one attached hydrogen (secondary N) is 1. The Morgan fingerprint density at radius 3 is 2.22 bits per heavy atom. The van der Waals surface area contributed by atoms with Crippen LogP contribution in [0.2, 0.25) is 0 Å². The Morgan fingerprint density at radius 2 is 1.72 bits per heavy atom. The third-order valence-electron chi connectivity index (χ3n) is 3.37. The summed E-state index contributed by atoms with van der Waals surface area (Å²) >= 11 is 0. The van der Waals surface area contributed by atoms with Crippen molar-refractivity contribution >= 4 is 0 Å². The van der Waals surface area contributed by atoms with E-state index in [1.807, 2.05) is 0 Å². The van der Waals surface area contributed by atoms with Gasteiger partial charge in [-0.3, -0.25) is 0 Å². The summed E-state index contributed by atoms with van der Waals surface area (Å²) in [5.41, 5.74) is 2.82. The van der Waals surface area contributed by atoms with Crippen LogP contribution in [0.4, 0.5) is 0 Å².